The molecule has 0 radical (unpaired) electrons. The number of nitrogens with zero attached hydrogens (tertiary/aromatic N) is 2. The van der Waals surface area contributed by atoms with Gasteiger partial charge in [-0.05, 0) is 29.1 Å². The summed E-state index contributed by atoms with van der Waals surface area (Å²) < 4.78 is 1.68. The first-order valence-electron chi connectivity index (χ1n) is 10.7. The number of carbonyl (C=O) groups excluding carboxylic acids is 1. The van der Waals surface area contributed by atoms with E-state index in [-0.39, 0.29) is 11.4 Å². The number of aliphatic hydroxyl groups excluding tert-OH is 1. The predicted octanol–water partition coefficient (Wildman–Crippen LogP) is 5.63. The van der Waals surface area contributed by atoms with Gasteiger partial charge in [-0.3, -0.25) is 5.32 Å². The van der Waals surface area contributed by atoms with Gasteiger partial charge in [0, 0.05) is 16.9 Å². The largest absolute Gasteiger partial charge is 0.376 e. The van der Waals surface area contributed by atoms with Crippen LogP contribution in [-0.4, -0.2) is 20.9 Å². The fourth-order valence-corrected chi connectivity index (χ4v) is 3.53. The number of amides is 2. The maximum Gasteiger partial charge on any atom is 0.324 e. The van der Waals surface area contributed by atoms with Crippen LogP contribution in [0, 0.1) is 12.3 Å². The summed E-state index contributed by atoms with van der Waals surface area (Å²) in [6.45, 7) is 6.18. The van der Waals surface area contributed by atoms with Crippen LogP contribution >= 0.6 is 0 Å². The maximum atomic E-state index is 12.9. The van der Waals surface area contributed by atoms with Crippen LogP contribution in [0.1, 0.15) is 38.1 Å². The van der Waals surface area contributed by atoms with Crippen LogP contribution in [0.15, 0.2) is 72.8 Å². The third-order valence-corrected chi connectivity index (χ3v) is 5.37. The molecule has 1 aromatic heterocycles. The van der Waals surface area contributed by atoms with Gasteiger partial charge in [-0.15, -0.1) is 6.42 Å². The van der Waals surface area contributed by atoms with Crippen LogP contribution in [0.2, 0.25) is 0 Å². The first-order valence-corrected chi connectivity index (χ1v) is 10.7. The summed E-state index contributed by atoms with van der Waals surface area (Å²) in [5, 5.41) is 22.5. The highest BCUT2D eigenvalue weighted by atomic mass is 16.3. The van der Waals surface area contributed by atoms with E-state index in [9.17, 15) is 9.90 Å². The first-order chi connectivity index (χ1) is 15.8. The molecule has 0 aliphatic heterocycles. The van der Waals surface area contributed by atoms with Crippen LogP contribution in [0.4, 0.5) is 16.3 Å². The Morgan fingerprint density at radius 2 is 1.73 bits per heavy atom. The number of rotatable bonds is 4. The van der Waals surface area contributed by atoms with Crippen molar-refractivity contribution in [2.45, 2.75) is 32.3 Å². The highest BCUT2D eigenvalue weighted by Crippen LogP contribution is 2.28. The Morgan fingerprint density at radius 3 is 2.42 bits per heavy atom. The fourth-order valence-electron chi connectivity index (χ4n) is 3.53. The summed E-state index contributed by atoms with van der Waals surface area (Å²) in [6.07, 6.45) is 4.34. The molecular formula is C27H26N4O2. The maximum absolute atomic E-state index is 12.9. The second kappa shape index (κ2) is 8.81. The molecule has 33 heavy (non-hydrogen) atoms. The van der Waals surface area contributed by atoms with Crippen molar-refractivity contribution in [3.63, 3.8) is 0 Å². The lowest BCUT2D eigenvalue weighted by atomic mass is 9.92. The Bertz CT molecular complexity index is 1340. The zero-order valence-corrected chi connectivity index (χ0v) is 18.8. The van der Waals surface area contributed by atoms with Crippen LogP contribution in [-0.2, 0) is 5.41 Å². The number of hydrogen-bond donors (Lipinski definition) is 3. The molecule has 0 fully saturated rings. The van der Waals surface area contributed by atoms with Gasteiger partial charge >= 0.3 is 6.03 Å². The van der Waals surface area contributed by atoms with E-state index < -0.39 is 6.10 Å². The molecule has 0 aliphatic carbocycles. The smallest absolute Gasteiger partial charge is 0.324 e. The average molecular weight is 439 g/mol. The monoisotopic (exact) mass is 438 g/mol. The van der Waals surface area contributed by atoms with Crippen molar-refractivity contribution in [1.29, 1.82) is 0 Å². The van der Waals surface area contributed by atoms with Crippen molar-refractivity contribution in [3.05, 3.63) is 84.1 Å². The molecule has 3 N–H and O–H groups in total. The molecule has 0 aliphatic rings. The van der Waals surface area contributed by atoms with Gasteiger partial charge in [0.1, 0.15) is 11.9 Å². The van der Waals surface area contributed by atoms with E-state index in [0.717, 1.165) is 27.8 Å². The molecule has 4 aromatic rings. The molecule has 1 unspecified atom stereocenters. The number of anilines is 2. The molecule has 6 nitrogen and oxygen atoms in total. The zero-order valence-electron chi connectivity index (χ0n) is 18.8. The van der Waals surface area contributed by atoms with Gasteiger partial charge in [0.15, 0.2) is 0 Å². The molecule has 1 atom stereocenters. The minimum Gasteiger partial charge on any atom is -0.376 e. The van der Waals surface area contributed by atoms with Crippen LogP contribution in [0.25, 0.3) is 16.5 Å². The Labute approximate surface area is 193 Å². The number of benzene rings is 3. The van der Waals surface area contributed by atoms with Crippen molar-refractivity contribution in [3.8, 4) is 18.0 Å². The van der Waals surface area contributed by atoms with Gasteiger partial charge in [-0.25, -0.2) is 9.48 Å². The van der Waals surface area contributed by atoms with E-state index in [1.807, 2.05) is 60.7 Å². The van der Waals surface area contributed by atoms with Crippen molar-refractivity contribution >= 4 is 28.3 Å². The summed E-state index contributed by atoms with van der Waals surface area (Å²) in [4.78, 5) is 12.9. The first kappa shape index (κ1) is 22.1. The van der Waals surface area contributed by atoms with Crippen molar-refractivity contribution in [2.75, 3.05) is 10.6 Å². The van der Waals surface area contributed by atoms with Crippen molar-refractivity contribution in [2.24, 2.45) is 0 Å². The Kier molecular flexibility index (Phi) is 5.91. The third kappa shape index (κ3) is 4.74. The molecule has 166 valence electrons. The number of nitrogens with one attached hydrogen (secondary N) is 2. The highest BCUT2D eigenvalue weighted by molar-refractivity contribution is 6.06. The third-order valence-electron chi connectivity index (χ3n) is 5.37. The van der Waals surface area contributed by atoms with Gasteiger partial charge in [0.25, 0.3) is 0 Å². The van der Waals surface area contributed by atoms with E-state index in [0.29, 0.717) is 11.4 Å². The predicted molar refractivity (Wildman–Crippen MR) is 133 cm³/mol. The van der Waals surface area contributed by atoms with Gasteiger partial charge < -0.3 is 10.4 Å². The fraction of sp³-hybridized carbons (Fsp3) is 0.185. The highest BCUT2D eigenvalue weighted by Gasteiger charge is 2.22. The van der Waals surface area contributed by atoms with E-state index in [1.54, 1.807) is 16.8 Å². The lowest BCUT2D eigenvalue weighted by Crippen LogP contribution is -2.21. The molecule has 6 heteroatoms. The normalized spacial score (nSPS) is 12.2. The molecule has 0 spiro atoms. The van der Waals surface area contributed by atoms with E-state index in [1.165, 1.54) is 0 Å². The van der Waals surface area contributed by atoms with Crippen molar-refractivity contribution in [1.82, 2.24) is 9.78 Å². The Morgan fingerprint density at radius 1 is 1.03 bits per heavy atom. The quantitative estimate of drug-likeness (QED) is 0.361. The minimum atomic E-state index is -0.967. The lowest BCUT2D eigenvalue weighted by molar-refractivity contribution is 0.238. The number of fused-ring (bicyclic) bond motifs is 1. The molecule has 3 aromatic carbocycles. The zero-order chi connectivity index (χ0) is 23.6. The van der Waals surface area contributed by atoms with Gasteiger partial charge in [0.2, 0.25) is 0 Å². The summed E-state index contributed by atoms with van der Waals surface area (Å²) in [7, 11) is 0. The van der Waals surface area contributed by atoms with Crippen LogP contribution in [0.3, 0.4) is 0 Å². The topological polar surface area (TPSA) is 79.2 Å². The molecule has 2 amide bonds. The second-order valence-corrected chi connectivity index (χ2v) is 8.84. The molecule has 0 saturated heterocycles. The number of carbonyl (C=O) groups is 1. The lowest BCUT2D eigenvalue weighted by Gasteiger charge is -2.14. The summed E-state index contributed by atoms with van der Waals surface area (Å²) in [5.41, 5.74) is 2.69. The van der Waals surface area contributed by atoms with E-state index >= 15 is 0 Å². The van der Waals surface area contributed by atoms with Crippen molar-refractivity contribution < 1.29 is 9.90 Å². The number of terminal acetylenes is 1. The molecule has 0 bridgehead atoms. The number of aliphatic hydroxyl groups is 1. The minimum absolute atomic E-state index is 0.215. The van der Waals surface area contributed by atoms with E-state index in [4.69, 9.17) is 11.5 Å². The summed E-state index contributed by atoms with van der Waals surface area (Å²) in [6, 6.07) is 22.3. The van der Waals surface area contributed by atoms with Crippen LogP contribution in [0.5, 0.6) is 0 Å². The van der Waals surface area contributed by atoms with Crippen LogP contribution < -0.4 is 10.6 Å². The van der Waals surface area contributed by atoms with Gasteiger partial charge in [0.05, 0.1) is 17.1 Å². The molecule has 4 rings (SSSR count). The number of aromatic nitrogens is 2. The standard InChI is InChI=1S/C27H26N4O2/c1-5-23(32)19-13-15-20(16-14-19)31-25(17-24(30-31)27(2,3)4)29-26(33)28-22-12-8-10-18-9-6-7-11-21(18)22/h1,6-17,23,32H,2-4H3,(H2,28,29,33). The number of urea groups is 1. The van der Waals surface area contributed by atoms with E-state index in [2.05, 4.69) is 37.3 Å². The molecule has 0 saturated carbocycles. The number of hydrogen-bond acceptors (Lipinski definition) is 3. The molecule has 1 heterocycles. The Balaban J connectivity index is 1.64. The van der Waals surface area contributed by atoms with Gasteiger partial charge in [-0.2, -0.15) is 5.10 Å². The second-order valence-electron chi connectivity index (χ2n) is 8.84. The summed E-state index contributed by atoms with van der Waals surface area (Å²) >= 11 is 0. The van der Waals surface area contributed by atoms with Gasteiger partial charge in [-0.1, -0.05) is 75.2 Å². The Hall–Kier alpha value is -4.08. The molecular weight excluding hydrogens is 412 g/mol. The SMILES string of the molecule is C#CC(O)c1ccc(-n2nc(C(C)(C)C)cc2NC(=O)Nc2cccc3ccccc23)cc1. The summed E-state index contributed by atoms with van der Waals surface area (Å²) in [5.74, 6) is 2.84. The average Bonchev–Trinajstić information content (AvgIpc) is 3.23.